The molecule has 78 valence electrons. The predicted octanol–water partition coefficient (Wildman–Crippen LogP) is 2.86. The molecule has 0 atom stereocenters. The zero-order valence-corrected chi connectivity index (χ0v) is 9.39. The van der Waals surface area contributed by atoms with Crippen LogP contribution in [-0.2, 0) is 4.74 Å². The third kappa shape index (κ3) is 1.63. The van der Waals surface area contributed by atoms with Crippen molar-refractivity contribution in [2.24, 2.45) is 0 Å². The number of fused-ring (bicyclic) bond motifs is 1. The van der Waals surface area contributed by atoms with Gasteiger partial charge in [-0.15, -0.1) is 0 Å². The number of halogens is 2. The first-order chi connectivity index (χ1) is 7.13. The van der Waals surface area contributed by atoms with E-state index in [1.54, 1.807) is 6.07 Å². The number of H-pyrrole nitrogens is 1. The molecule has 5 heteroatoms. The van der Waals surface area contributed by atoms with E-state index in [9.17, 15) is 9.18 Å². The van der Waals surface area contributed by atoms with Crippen molar-refractivity contribution < 1.29 is 13.9 Å². The van der Waals surface area contributed by atoms with Crippen LogP contribution in [-0.4, -0.2) is 18.1 Å². The number of esters is 1. The molecule has 1 aromatic carbocycles. The molecular formula is C10H7BrFNO2. The van der Waals surface area contributed by atoms with Gasteiger partial charge in [-0.1, -0.05) is 0 Å². The Morgan fingerprint density at radius 3 is 2.93 bits per heavy atom. The first kappa shape index (κ1) is 10.2. The molecule has 15 heavy (non-hydrogen) atoms. The maximum atomic E-state index is 13.2. The SMILES string of the molecule is COC(=O)c1c[nH]c2cc(F)c(Br)cc12. The predicted molar refractivity (Wildman–Crippen MR) is 57.3 cm³/mol. The fourth-order valence-electron chi connectivity index (χ4n) is 1.40. The minimum atomic E-state index is -0.445. The Morgan fingerprint density at radius 1 is 1.53 bits per heavy atom. The molecule has 1 aromatic heterocycles. The van der Waals surface area contributed by atoms with Gasteiger partial charge >= 0.3 is 5.97 Å². The molecule has 0 saturated carbocycles. The van der Waals surface area contributed by atoms with Crippen LogP contribution in [0.15, 0.2) is 22.8 Å². The average Bonchev–Trinajstić information content (AvgIpc) is 2.61. The number of aromatic nitrogens is 1. The molecule has 2 rings (SSSR count). The third-order valence-corrected chi connectivity index (χ3v) is 2.74. The average molecular weight is 272 g/mol. The number of carbonyl (C=O) groups excluding carboxylic acids is 1. The Balaban J connectivity index is 2.69. The van der Waals surface area contributed by atoms with Crippen molar-refractivity contribution in [3.63, 3.8) is 0 Å². The van der Waals surface area contributed by atoms with Crippen LogP contribution >= 0.6 is 15.9 Å². The summed E-state index contributed by atoms with van der Waals surface area (Å²) in [6.07, 6.45) is 1.50. The minimum Gasteiger partial charge on any atom is -0.465 e. The first-order valence-electron chi connectivity index (χ1n) is 4.18. The van der Waals surface area contributed by atoms with Crippen molar-refractivity contribution in [2.75, 3.05) is 7.11 Å². The first-order valence-corrected chi connectivity index (χ1v) is 4.97. The molecule has 1 N–H and O–H groups in total. The second-order valence-corrected chi connectivity index (χ2v) is 3.86. The van der Waals surface area contributed by atoms with Crippen molar-refractivity contribution in [1.82, 2.24) is 4.98 Å². The van der Waals surface area contributed by atoms with E-state index in [1.807, 2.05) is 0 Å². The molecule has 0 aliphatic rings. The third-order valence-electron chi connectivity index (χ3n) is 2.13. The van der Waals surface area contributed by atoms with Crippen LogP contribution in [0.3, 0.4) is 0 Å². The molecule has 0 bridgehead atoms. The molecule has 0 spiro atoms. The molecule has 0 amide bonds. The van der Waals surface area contributed by atoms with Gasteiger partial charge in [0.25, 0.3) is 0 Å². The lowest BCUT2D eigenvalue weighted by molar-refractivity contribution is 0.0603. The number of hydrogen-bond donors (Lipinski definition) is 1. The Morgan fingerprint density at radius 2 is 2.27 bits per heavy atom. The summed E-state index contributed by atoms with van der Waals surface area (Å²) in [4.78, 5) is 14.1. The van der Waals surface area contributed by atoms with E-state index >= 15 is 0 Å². The largest absolute Gasteiger partial charge is 0.465 e. The van der Waals surface area contributed by atoms with Crippen LogP contribution in [0.2, 0.25) is 0 Å². The number of methoxy groups -OCH3 is 1. The number of aromatic amines is 1. The standard InChI is InChI=1S/C10H7BrFNO2/c1-15-10(14)6-4-13-9-3-8(12)7(11)2-5(6)9/h2-4,13H,1H3. The summed E-state index contributed by atoms with van der Waals surface area (Å²) >= 11 is 3.07. The molecule has 0 saturated heterocycles. The van der Waals surface area contributed by atoms with Crippen molar-refractivity contribution in [1.29, 1.82) is 0 Å². The molecular weight excluding hydrogens is 265 g/mol. The summed E-state index contributed by atoms with van der Waals surface area (Å²) < 4.78 is 18.1. The molecule has 0 aliphatic heterocycles. The van der Waals surface area contributed by atoms with E-state index in [2.05, 4.69) is 25.7 Å². The fourth-order valence-corrected chi connectivity index (χ4v) is 1.74. The van der Waals surface area contributed by atoms with Gasteiger partial charge in [-0.05, 0) is 28.1 Å². The Bertz CT molecular complexity index is 535. The quantitative estimate of drug-likeness (QED) is 0.811. The summed E-state index contributed by atoms with van der Waals surface area (Å²) in [6, 6.07) is 2.87. The van der Waals surface area contributed by atoms with Crippen LogP contribution in [0.25, 0.3) is 10.9 Å². The second-order valence-electron chi connectivity index (χ2n) is 3.01. The number of carbonyl (C=O) groups is 1. The molecule has 1 heterocycles. The van der Waals surface area contributed by atoms with Crippen molar-refractivity contribution in [3.05, 3.63) is 34.2 Å². The number of hydrogen-bond acceptors (Lipinski definition) is 2. The Kier molecular flexibility index (Phi) is 2.48. The van der Waals surface area contributed by atoms with Gasteiger partial charge in [0.15, 0.2) is 0 Å². The highest BCUT2D eigenvalue weighted by molar-refractivity contribution is 9.10. The van der Waals surface area contributed by atoms with Gasteiger partial charge in [-0.2, -0.15) is 0 Å². The lowest BCUT2D eigenvalue weighted by Gasteiger charge is -1.98. The number of ether oxygens (including phenoxy) is 1. The lowest BCUT2D eigenvalue weighted by Crippen LogP contribution is -1.99. The second kappa shape index (κ2) is 3.66. The van der Waals surface area contributed by atoms with E-state index in [0.717, 1.165) is 0 Å². The monoisotopic (exact) mass is 271 g/mol. The van der Waals surface area contributed by atoms with Crippen LogP contribution in [0, 0.1) is 5.82 Å². The summed E-state index contributed by atoms with van der Waals surface area (Å²) in [5.74, 6) is -0.819. The van der Waals surface area contributed by atoms with E-state index in [1.165, 1.54) is 19.4 Å². The maximum absolute atomic E-state index is 13.2. The highest BCUT2D eigenvalue weighted by Gasteiger charge is 2.13. The van der Waals surface area contributed by atoms with Gasteiger partial charge in [0.1, 0.15) is 5.82 Å². The Labute approximate surface area is 93.4 Å². The minimum absolute atomic E-state index is 0.319. The molecule has 2 aromatic rings. The summed E-state index contributed by atoms with van der Waals surface area (Å²) in [5, 5.41) is 0.634. The van der Waals surface area contributed by atoms with Crippen molar-refractivity contribution in [2.45, 2.75) is 0 Å². The van der Waals surface area contributed by atoms with Gasteiger partial charge in [-0.3, -0.25) is 0 Å². The van der Waals surface area contributed by atoms with Crippen LogP contribution < -0.4 is 0 Å². The van der Waals surface area contributed by atoms with E-state index < -0.39 is 5.97 Å². The lowest BCUT2D eigenvalue weighted by atomic mass is 10.2. The van der Waals surface area contributed by atoms with Crippen LogP contribution in [0.1, 0.15) is 10.4 Å². The highest BCUT2D eigenvalue weighted by atomic mass is 79.9. The zero-order valence-electron chi connectivity index (χ0n) is 7.80. The number of benzene rings is 1. The number of nitrogens with one attached hydrogen (secondary N) is 1. The topological polar surface area (TPSA) is 42.1 Å². The summed E-state index contributed by atoms with van der Waals surface area (Å²) in [7, 11) is 1.31. The molecule has 0 fully saturated rings. The zero-order chi connectivity index (χ0) is 11.0. The Hall–Kier alpha value is -1.36. The fraction of sp³-hybridized carbons (Fsp3) is 0.100. The number of rotatable bonds is 1. The maximum Gasteiger partial charge on any atom is 0.340 e. The molecule has 0 radical (unpaired) electrons. The van der Waals surface area contributed by atoms with Crippen molar-refractivity contribution in [3.8, 4) is 0 Å². The molecule has 3 nitrogen and oxygen atoms in total. The molecule has 0 unspecified atom stereocenters. The van der Waals surface area contributed by atoms with Gasteiger partial charge in [0.05, 0.1) is 17.1 Å². The van der Waals surface area contributed by atoms with Crippen LogP contribution in [0.4, 0.5) is 4.39 Å². The van der Waals surface area contributed by atoms with Gasteiger partial charge in [-0.25, -0.2) is 9.18 Å². The summed E-state index contributed by atoms with van der Waals surface area (Å²) in [5.41, 5.74) is 0.962. The van der Waals surface area contributed by atoms with Gasteiger partial charge < -0.3 is 9.72 Å². The summed E-state index contributed by atoms with van der Waals surface area (Å²) in [6.45, 7) is 0. The smallest absolute Gasteiger partial charge is 0.340 e. The van der Waals surface area contributed by atoms with Crippen LogP contribution in [0.5, 0.6) is 0 Å². The normalized spacial score (nSPS) is 10.6. The van der Waals surface area contributed by atoms with Crippen molar-refractivity contribution >= 4 is 32.8 Å². The van der Waals surface area contributed by atoms with Gasteiger partial charge in [0.2, 0.25) is 0 Å². The van der Waals surface area contributed by atoms with E-state index in [-0.39, 0.29) is 5.82 Å². The highest BCUT2D eigenvalue weighted by Crippen LogP contribution is 2.25. The van der Waals surface area contributed by atoms with Gasteiger partial charge in [0, 0.05) is 17.1 Å². The van der Waals surface area contributed by atoms with E-state index in [4.69, 9.17) is 0 Å². The van der Waals surface area contributed by atoms with E-state index in [0.29, 0.717) is 20.9 Å². The molecule has 0 aliphatic carbocycles.